The largest absolute Gasteiger partial charge is 0.496 e. The van der Waals surface area contributed by atoms with Gasteiger partial charge in [0.05, 0.1) is 17.5 Å². The summed E-state index contributed by atoms with van der Waals surface area (Å²) in [4.78, 5) is 16.5. The first-order valence-electron chi connectivity index (χ1n) is 5.23. The lowest BCUT2D eigenvalue weighted by Crippen LogP contribution is -1.96. The van der Waals surface area contributed by atoms with Gasteiger partial charge in [0.25, 0.3) is 0 Å². The van der Waals surface area contributed by atoms with Gasteiger partial charge < -0.3 is 4.74 Å². The molecular formula is C13H13NO2S. The van der Waals surface area contributed by atoms with Gasteiger partial charge in [0.1, 0.15) is 11.4 Å². The lowest BCUT2D eigenvalue weighted by Gasteiger charge is -2.08. The molecule has 0 amide bonds. The van der Waals surface area contributed by atoms with Crippen LogP contribution in [0.2, 0.25) is 0 Å². The van der Waals surface area contributed by atoms with Gasteiger partial charge in [-0.05, 0) is 19.1 Å². The van der Waals surface area contributed by atoms with Crippen LogP contribution in [-0.4, -0.2) is 17.9 Å². The summed E-state index contributed by atoms with van der Waals surface area (Å²) in [6.07, 6.45) is 0. The van der Waals surface area contributed by atoms with Crippen molar-refractivity contribution in [3.05, 3.63) is 35.0 Å². The fraction of sp³-hybridized carbons (Fsp3) is 0.231. The monoisotopic (exact) mass is 247 g/mol. The summed E-state index contributed by atoms with van der Waals surface area (Å²) >= 11 is 1.46. The lowest BCUT2D eigenvalue weighted by atomic mass is 10.1. The number of carbonyl (C=O) groups is 1. The summed E-state index contributed by atoms with van der Waals surface area (Å²) in [7, 11) is 1.63. The Morgan fingerprint density at radius 1 is 1.41 bits per heavy atom. The van der Waals surface area contributed by atoms with Gasteiger partial charge in [-0.1, -0.05) is 11.6 Å². The summed E-state index contributed by atoms with van der Waals surface area (Å²) in [5.41, 5.74) is 4.26. The molecule has 0 N–H and O–H groups in total. The van der Waals surface area contributed by atoms with Crippen LogP contribution in [-0.2, 0) is 0 Å². The first-order valence-corrected chi connectivity index (χ1v) is 6.11. The van der Waals surface area contributed by atoms with Crippen molar-refractivity contribution in [3.63, 3.8) is 0 Å². The van der Waals surface area contributed by atoms with Gasteiger partial charge >= 0.3 is 0 Å². The Bertz CT molecular complexity index is 560. The van der Waals surface area contributed by atoms with Crippen molar-refractivity contribution in [2.24, 2.45) is 0 Å². The topological polar surface area (TPSA) is 39.2 Å². The van der Waals surface area contributed by atoms with Gasteiger partial charge in [0, 0.05) is 12.5 Å². The van der Waals surface area contributed by atoms with Crippen LogP contribution in [0.4, 0.5) is 0 Å². The number of methoxy groups -OCH3 is 1. The molecule has 2 rings (SSSR count). The van der Waals surface area contributed by atoms with Crippen molar-refractivity contribution < 1.29 is 9.53 Å². The normalized spacial score (nSPS) is 10.3. The van der Waals surface area contributed by atoms with Gasteiger partial charge in [-0.25, -0.2) is 4.98 Å². The summed E-state index contributed by atoms with van der Waals surface area (Å²) in [6, 6.07) is 5.91. The quantitative estimate of drug-likeness (QED) is 0.781. The number of hydrogen-bond donors (Lipinski definition) is 0. The van der Waals surface area contributed by atoms with Gasteiger partial charge in [-0.3, -0.25) is 4.79 Å². The van der Waals surface area contributed by atoms with Crippen LogP contribution in [0, 0.1) is 6.92 Å². The number of aromatic nitrogens is 1. The maximum atomic E-state index is 11.5. The van der Waals surface area contributed by atoms with Gasteiger partial charge in [0.2, 0.25) is 0 Å². The molecule has 4 heteroatoms. The van der Waals surface area contributed by atoms with E-state index in [-0.39, 0.29) is 5.78 Å². The number of hydrogen-bond acceptors (Lipinski definition) is 4. The van der Waals surface area contributed by atoms with E-state index in [1.54, 1.807) is 12.6 Å². The molecule has 0 aliphatic carbocycles. The zero-order valence-corrected chi connectivity index (χ0v) is 10.8. The number of benzene rings is 1. The minimum absolute atomic E-state index is 0.0233. The van der Waals surface area contributed by atoms with Crippen LogP contribution in [0.3, 0.4) is 0 Å². The predicted octanol–water partition coefficient (Wildman–Crippen LogP) is 3.33. The Hall–Kier alpha value is -1.68. The Kier molecular flexibility index (Phi) is 3.24. The minimum Gasteiger partial charge on any atom is -0.496 e. The maximum Gasteiger partial charge on any atom is 0.179 e. The van der Waals surface area contributed by atoms with Crippen LogP contribution in [0.5, 0.6) is 5.75 Å². The molecule has 1 aromatic carbocycles. The first-order chi connectivity index (χ1) is 8.13. The van der Waals surface area contributed by atoms with Gasteiger partial charge in [-0.2, -0.15) is 0 Å². The standard InChI is InChI=1S/C13H13NO2S/c1-8-4-5-11(16-3)10(6-8)13-12(9(2)15)14-7-17-13/h4-7H,1-3H3. The number of rotatable bonds is 3. The molecule has 0 spiro atoms. The molecule has 3 nitrogen and oxygen atoms in total. The average molecular weight is 247 g/mol. The van der Waals surface area contributed by atoms with E-state index < -0.39 is 0 Å². The Balaban J connectivity index is 2.63. The van der Waals surface area contributed by atoms with E-state index in [9.17, 15) is 4.79 Å². The molecule has 0 unspecified atom stereocenters. The van der Waals surface area contributed by atoms with Crippen molar-refractivity contribution >= 4 is 17.1 Å². The SMILES string of the molecule is COc1ccc(C)cc1-c1scnc1C(C)=O. The zero-order chi connectivity index (χ0) is 12.4. The number of ether oxygens (including phenoxy) is 1. The fourth-order valence-corrected chi connectivity index (χ4v) is 2.55. The summed E-state index contributed by atoms with van der Waals surface area (Å²) in [6.45, 7) is 3.54. The number of carbonyl (C=O) groups excluding carboxylic acids is 1. The molecule has 0 saturated heterocycles. The summed E-state index contributed by atoms with van der Waals surface area (Å²) in [5.74, 6) is 0.743. The second-order valence-electron chi connectivity index (χ2n) is 3.79. The van der Waals surface area contributed by atoms with Crippen molar-refractivity contribution in [1.29, 1.82) is 0 Å². The van der Waals surface area contributed by atoms with Crippen molar-refractivity contribution in [2.45, 2.75) is 13.8 Å². The van der Waals surface area contributed by atoms with Gasteiger partial charge in [0.15, 0.2) is 5.78 Å². The Labute approximate surface area is 104 Å². The van der Waals surface area contributed by atoms with Crippen LogP contribution in [0.15, 0.2) is 23.7 Å². The molecule has 0 saturated carbocycles. The van der Waals surface area contributed by atoms with Gasteiger partial charge in [-0.15, -0.1) is 11.3 Å². The second-order valence-corrected chi connectivity index (χ2v) is 4.64. The average Bonchev–Trinajstić information content (AvgIpc) is 2.77. The smallest absolute Gasteiger partial charge is 0.179 e. The Morgan fingerprint density at radius 3 is 2.82 bits per heavy atom. The molecular weight excluding hydrogens is 234 g/mol. The molecule has 0 aliphatic rings. The third-order valence-electron chi connectivity index (χ3n) is 2.50. The van der Waals surface area contributed by atoms with E-state index in [1.807, 2.05) is 25.1 Å². The van der Waals surface area contributed by atoms with Crippen LogP contribution in [0.25, 0.3) is 10.4 Å². The molecule has 0 fully saturated rings. The number of aryl methyl sites for hydroxylation is 1. The highest BCUT2D eigenvalue weighted by atomic mass is 32.1. The number of ketones is 1. The number of nitrogens with zero attached hydrogens (tertiary/aromatic N) is 1. The molecule has 1 aromatic heterocycles. The third kappa shape index (κ3) is 2.22. The van der Waals surface area contributed by atoms with Crippen LogP contribution >= 0.6 is 11.3 Å². The first kappa shape index (κ1) is 11.8. The van der Waals surface area contributed by atoms with Crippen molar-refractivity contribution in [1.82, 2.24) is 4.98 Å². The highest BCUT2D eigenvalue weighted by Crippen LogP contribution is 2.35. The number of thiazole rings is 1. The maximum absolute atomic E-state index is 11.5. The van der Waals surface area contributed by atoms with E-state index in [2.05, 4.69) is 4.98 Å². The minimum atomic E-state index is -0.0233. The zero-order valence-electron chi connectivity index (χ0n) is 9.98. The Morgan fingerprint density at radius 2 is 2.18 bits per heavy atom. The molecule has 2 aromatic rings. The van der Waals surface area contributed by atoms with Crippen molar-refractivity contribution in [3.8, 4) is 16.2 Å². The molecule has 0 aliphatic heterocycles. The van der Waals surface area contributed by atoms with E-state index in [0.717, 1.165) is 21.8 Å². The summed E-state index contributed by atoms with van der Waals surface area (Å²) in [5, 5.41) is 0. The number of Topliss-reactive ketones (excluding diaryl/α,β-unsaturated/α-hetero) is 1. The second kappa shape index (κ2) is 4.67. The molecule has 0 atom stereocenters. The van der Waals surface area contributed by atoms with Crippen LogP contribution < -0.4 is 4.74 Å². The molecule has 0 bridgehead atoms. The van der Waals surface area contributed by atoms with Crippen LogP contribution in [0.1, 0.15) is 23.0 Å². The molecule has 88 valence electrons. The third-order valence-corrected chi connectivity index (χ3v) is 3.36. The highest BCUT2D eigenvalue weighted by molar-refractivity contribution is 7.13. The van der Waals surface area contributed by atoms with E-state index >= 15 is 0 Å². The molecule has 17 heavy (non-hydrogen) atoms. The lowest BCUT2D eigenvalue weighted by molar-refractivity contribution is 0.101. The predicted molar refractivity (Wildman–Crippen MR) is 68.8 cm³/mol. The summed E-state index contributed by atoms with van der Waals surface area (Å²) < 4.78 is 5.33. The van der Waals surface area contributed by atoms with E-state index in [1.165, 1.54) is 18.3 Å². The molecule has 1 heterocycles. The van der Waals surface area contributed by atoms with E-state index in [0.29, 0.717) is 5.69 Å². The van der Waals surface area contributed by atoms with E-state index in [4.69, 9.17) is 4.74 Å². The highest BCUT2D eigenvalue weighted by Gasteiger charge is 2.16. The fourth-order valence-electron chi connectivity index (χ4n) is 1.69. The van der Waals surface area contributed by atoms with Crippen molar-refractivity contribution in [2.75, 3.05) is 7.11 Å². The molecule has 0 radical (unpaired) electrons.